The second-order valence-electron chi connectivity index (χ2n) is 3.74. The fourth-order valence-corrected chi connectivity index (χ4v) is 1.48. The van der Waals surface area contributed by atoms with Crippen LogP contribution in [0.15, 0.2) is 0 Å². The van der Waals surface area contributed by atoms with E-state index in [2.05, 4.69) is 31.4 Å². The zero-order valence-corrected chi connectivity index (χ0v) is 9.89. The molecular formula is C11H24N2O. The fraction of sp³-hybridized carbons (Fsp3) is 0.909. The molecule has 0 aliphatic rings. The van der Waals surface area contributed by atoms with Crippen LogP contribution < -0.4 is 10.6 Å². The van der Waals surface area contributed by atoms with Crippen LogP contribution in [0.25, 0.3) is 0 Å². The molecule has 0 aromatic heterocycles. The van der Waals surface area contributed by atoms with Crippen LogP contribution in [0.5, 0.6) is 0 Å². The van der Waals surface area contributed by atoms with E-state index in [0.717, 1.165) is 19.4 Å². The predicted octanol–water partition coefficient (Wildman–Crippen LogP) is 1.68. The van der Waals surface area contributed by atoms with Crippen molar-refractivity contribution in [2.75, 3.05) is 6.54 Å². The summed E-state index contributed by atoms with van der Waals surface area (Å²) < 4.78 is 0. The number of hydrogen-bond acceptors (Lipinski definition) is 2. The first-order valence-electron chi connectivity index (χ1n) is 5.66. The smallest absolute Gasteiger partial charge is 0.221 e. The average molecular weight is 200 g/mol. The highest BCUT2D eigenvalue weighted by Crippen LogP contribution is 1.98. The first kappa shape index (κ1) is 13.4. The summed E-state index contributed by atoms with van der Waals surface area (Å²) in [4.78, 5) is 11.5. The van der Waals surface area contributed by atoms with Crippen molar-refractivity contribution in [3.05, 3.63) is 0 Å². The van der Waals surface area contributed by atoms with E-state index >= 15 is 0 Å². The Hall–Kier alpha value is -0.570. The maximum atomic E-state index is 11.5. The standard InChI is InChI=1S/C11H24N2O/c1-5-10(6-2)13-11(14)8-9(4)12-7-3/h9-10,12H,5-8H2,1-4H3,(H,13,14). The summed E-state index contributed by atoms with van der Waals surface area (Å²) in [7, 11) is 0. The van der Waals surface area contributed by atoms with Crippen LogP contribution in [0.3, 0.4) is 0 Å². The summed E-state index contributed by atoms with van der Waals surface area (Å²) in [6, 6.07) is 0.616. The molecule has 3 heteroatoms. The van der Waals surface area contributed by atoms with Gasteiger partial charge in [0, 0.05) is 18.5 Å². The van der Waals surface area contributed by atoms with Crippen LogP contribution in [-0.2, 0) is 4.79 Å². The van der Waals surface area contributed by atoms with Crippen LogP contribution in [-0.4, -0.2) is 24.5 Å². The Morgan fingerprint density at radius 3 is 2.21 bits per heavy atom. The highest BCUT2D eigenvalue weighted by Gasteiger charge is 2.10. The van der Waals surface area contributed by atoms with Crippen molar-refractivity contribution in [2.45, 2.75) is 59.0 Å². The Kier molecular flexibility index (Phi) is 7.48. The van der Waals surface area contributed by atoms with Crippen molar-refractivity contribution in [1.29, 1.82) is 0 Å². The van der Waals surface area contributed by atoms with Crippen molar-refractivity contribution in [1.82, 2.24) is 10.6 Å². The van der Waals surface area contributed by atoms with E-state index in [1.165, 1.54) is 0 Å². The van der Waals surface area contributed by atoms with Gasteiger partial charge in [-0.3, -0.25) is 4.79 Å². The summed E-state index contributed by atoms with van der Waals surface area (Å²) in [5.41, 5.74) is 0. The quantitative estimate of drug-likeness (QED) is 0.656. The zero-order chi connectivity index (χ0) is 11.0. The molecule has 0 saturated heterocycles. The predicted molar refractivity (Wildman–Crippen MR) is 60.3 cm³/mol. The van der Waals surface area contributed by atoms with E-state index in [4.69, 9.17) is 0 Å². The van der Waals surface area contributed by atoms with E-state index in [-0.39, 0.29) is 11.9 Å². The lowest BCUT2D eigenvalue weighted by Gasteiger charge is -2.17. The number of hydrogen-bond donors (Lipinski definition) is 2. The number of carbonyl (C=O) groups is 1. The molecule has 2 N–H and O–H groups in total. The lowest BCUT2D eigenvalue weighted by Crippen LogP contribution is -2.38. The number of amides is 1. The monoisotopic (exact) mass is 200 g/mol. The highest BCUT2D eigenvalue weighted by atomic mass is 16.1. The van der Waals surface area contributed by atoms with Gasteiger partial charge in [0.2, 0.25) is 5.91 Å². The van der Waals surface area contributed by atoms with Gasteiger partial charge >= 0.3 is 0 Å². The minimum Gasteiger partial charge on any atom is -0.353 e. The van der Waals surface area contributed by atoms with Gasteiger partial charge in [0.1, 0.15) is 0 Å². The Balaban J connectivity index is 3.73. The summed E-state index contributed by atoms with van der Waals surface area (Å²) in [6.07, 6.45) is 2.60. The molecule has 0 heterocycles. The third-order valence-electron chi connectivity index (χ3n) is 2.39. The van der Waals surface area contributed by atoms with Crippen LogP contribution >= 0.6 is 0 Å². The van der Waals surface area contributed by atoms with Gasteiger partial charge in [0.05, 0.1) is 0 Å². The van der Waals surface area contributed by atoms with Crippen molar-refractivity contribution < 1.29 is 4.79 Å². The molecule has 0 rings (SSSR count). The normalized spacial score (nSPS) is 12.9. The lowest BCUT2D eigenvalue weighted by molar-refractivity contribution is -0.122. The SMILES string of the molecule is CCNC(C)CC(=O)NC(CC)CC. The molecule has 1 amide bonds. The molecular weight excluding hydrogens is 176 g/mol. The maximum Gasteiger partial charge on any atom is 0.221 e. The molecule has 1 atom stereocenters. The third kappa shape index (κ3) is 5.97. The van der Waals surface area contributed by atoms with Crippen molar-refractivity contribution >= 4 is 5.91 Å². The molecule has 0 saturated carbocycles. The first-order valence-corrected chi connectivity index (χ1v) is 5.66. The zero-order valence-electron chi connectivity index (χ0n) is 9.89. The number of carbonyl (C=O) groups excluding carboxylic acids is 1. The van der Waals surface area contributed by atoms with E-state index in [9.17, 15) is 4.79 Å². The molecule has 1 unspecified atom stereocenters. The minimum atomic E-state index is 0.159. The summed E-state index contributed by atoms with van der Waals surface area (Å²) in [5, 5.41) is 6.25. The molecule has 3 nitrogen and oxygen atoms in total. The molecule has 0 radical (unpaired) electrons. The molecule has 14 heavy (non-hydrogen) atoms. The van der Waals surface area contributed by atoms with Crippen LogP contribution in [0, 0.1) is 0 Å². The molecule has 0 spiro atoms. The summed E-state index contributed by atoms with van der Waals surface area (Å²) in [6.45, 7) is 9.20. The van der Waals surface area contributed by atoms with E-state index in [1.807, 2.05) is 6.92 Å². The summed E-state index contributed by atoms with van der Waals surface area (Å²) >= 11 is 0. The van der Waals surface area contributed by atoms with Gasteiger partial charge in [0.15, 0.2) is 0 Å². The van der Waals surface area contributed by atoms with Crippen molar-refractivity contribution in [2.24, 2.45) is 0 Å². The Morgan fingerprint density at radius 1 is 1.21 bits per heavy atom. The highest BCUT2D eigenvalue weighted by molar-refractivity contribution is 5.76. The Labute approximate surface area is 87.6 Å². The second-order valence-corrected chi connectivity index (χ2v) is 3.74. The molecule has 0 aliphatic carbocycles. The van der Waals surface area contributed by atoms with E-state index < -0.39 is 0 Å². The molecule has 0 fully saturated rings. The second kappa shape index (κ2) is 7.80. The molecule has 0 aromatic carbocycles. The van der Waals surface area contributed by atoms with Crippen LogP contribution in [0.4, 0.5) is 0 Å². The lowest BCUT2D eigenvalue weighted by atomic mass is 10.1. The average Bonchev–Trinajstić information content (AvgIpc) is 2.14. The molecule has 0 bridgehead atoms. The van der Waals surface area contributed by atoms with Crippen LogP contribution in [0.1, 0.15) is 47.0 Å². The van der Waals surface area contributed by atoms with Gasteiger partial charge in [0.25, 0.3) is 0 Å². The minimum absolute atomic E-state index is 0.159. The van der Waals surface area contributed by atoms with Gasteiger partial charge < -0.3 is 10.6 Å². The van der Waals surface area contributed by atoms with Crippen molar-refractivity contribution in [3.63, 3.8) is 0 Å². The topological polar surface area (TPSA) is 41.1 Å². The molecule has 0 aromatic rings. The largest absolute Gasteiger partial charge is 0.353 e. The van der Waals surface area contributed by atoms with E-state index in [1.54, 1.807) is 0 Å². The van der Waals surface area contributed by atoms with Gasteiger partial charge in [-0.05, 0) is 26.3 Å². The first-order chi connectivity index (χ1) is 6.63. The third-order valence-corrected chi connectivity index (χ3v) is 2.39. The molecule has 84 valence electrons. The maximum absolute atomic E-state index is 11.5. The van der Waals surface area contributed by atoms with Gasteiger partial charge in [-0.15, -0.1) is 0 Å². The van der Waals surface area contributed by atoms with Crippen LogP contribution in [0.2, 0.25) is 0 Å². The van der Waals surface area contributed by atoms with Gasteiger partial charge in [-0.2, -0.15) is 0 Å². The fourth-order valence-electron chi connectivity index (χ4n) is 1.48. The van der Waals surface area contributed by atoms with E-state index in [0.29, 0.717) is 12.5 Å². The Bertz CT molecular complexity index is 155. The molecule has 0 aliphatic heterocycles. The van der Waals surface area contributed by atoms with Gasteiger partial charge in [-0.25, -0.2) is 0 Å². The number of rotatable bonds is 7. The Morgan fingerprint density at radius 2 is 1.79 bits per heavy atom. The summed E-state index contributed by atoms with van der Waals surface area (Å²) in [5.74, 6) is 0.159. The number of nitrogens with one attached hydrogen (secondary N) is 2. The van der Waals surface area contributed by atoms with Crippen molar-refractivity contribution in [3.8, 4) is 0 Å². The van der Waals surface area contributed by atoms with Gasteiger partial charge in [-0.1, -0.05) is 20.8 Å².